The minimum Gasteiger partial charge on any atom is -0.359 e. The summed E-state index contributed by atoms with van der Waals surface area (Å²) in [5.74, 6) is -1.97. The number of unbranched alkanes of at least 4 members (excludes halogenated alkanes) is 1. The van der Waals surface area contributed by atoms with E-state index in [9.17, 15) is 14.4 Å². The van der Waals surface area contributed by atoms with E-state index in [2.05, 4.69) is 45.4 Å². The summed E-state index contributed by atoms with van der Waals surface area (Å²) in [7, 11) is 2.10. The Morgan fingerprint density at radius 3 is 2.54 bits per heavy atom. The van der Waals surface area contributed by atoms with Crippen LogP contribution in [0.5, 0.6) is 0 Å². The second-order valence-electron chi connectivity index (χ2n) is 11.6. The molecule has 1 aromatic carbocycles. The summed E-state index contributed by atoms with van der Waals surface area (Å²) in [6.45, 7) is 4.48. The van der Waals surface area contributed by atoms with Crippen LogP contribution in [0.3, 0.4) is 0 Å². The van der Waals surface area contributed by atoms with Gasteiger partial charge in [-0.25, -0.2) is 0 Å². The van der Waals surface area contributed by atoms with Gasteiger partial charge in [-0.1, -0.05) is 60.7 Å². The second-order valence-corrected chi connectivity index (χ2v) is 12.5. The zero-order chi connectivity index (χ0) is 27.6. The SMILES string of the molecule is CCCCN(C)CCCN1C(=O)[C@H]2[C@H](C(=O)Nc3ccc(Br)cc3)[C@H]3C=C[C@@]2(O3)[C@@H]1C(=O)NC1CCCCC1. The molecule has 3 heterocycles. The second kappa shape index (κ2) is 12.1. The van der Waals surface area contributed by atoms with Gasteiger partial charge in [0.2, 0.25) is 17.7 Å². The van der Waals surface area contributed by atoms with E-state index in [4.69, 9.17) is 4.74 Å². The zero-order valence-electron chi connectivity index (χ0n) is 23.0. The fourth-order valence-electron chi connectivity index (χ4n) is 6.84. The first-order valence-electron chi connectivity index (χ1n) is 14.6. The van der Waals surface area contributed by atoms with Gasteiger partial charge < -0.3 is 25.2 Å². The minimum absolute atomic E-state index is 0.123. The molecule has 2 N–H and O–H groups in total. The number of nitrogens with zero attached hydrogens (tertiary/aromatic N) is 2. The summed E-state index contributed by atoms with van der Waals surface area (Å²) in [5, 5.41) is 6.23. The summed E-state index contributed by atoms with van der Waals surface area (Å²) >= 11 is 3.42. The van der Waals surface area contributed by atoms with Crippen molar-refractivity contribution in [3.8, 4) is 0 Å². The third-order valence-corrected chi connectivity index (χ3v) is 9.35. The highest BCUT2D eigenvalue weighted by Crippen LogP contribution is 2.55. The summed E-state index contributed by atoms with van der Waals surface area (Å²) in [6, 6.07) is 6.71. The number of likely N-dealkylation sites (tertiary alicyclic amines) is 1. The van der Waals surface area contributed by atoms with Crippen LogP contribution in [0.2, 0.25) is 0 Å². The molecule has 2 saturated heterocycles. The molecule has 1 saturated carbocycles. The maximum atomic E-state index is 14.1. The Kier molecular flexibility index (Phi) is 8.79. The normalized spacial score (nSPS) is 29.7. The van der Waals surface area contributed by atoms with E-state index in [-0.39, 0.29) is 23.8 Å². The molecule has 1 aromatic rings. The topological polar surface area (TPSA) is 91.0 Å². The van der Waals surface area contributed by atoms with E-state index < -0.39 is 29.6 Å². The summed E-state index contributed by atoms with van der Waals surface area (Å²) in [6.07, 6.45) is 11.6. The predicted molar refractivity (Wildman–Crippen MR) is 154 cm³/mol. The van der Waals surface area contributed by atoms with Crippen LogP contribution in [-0.4, -0.2) is 78.0 Å². The van der Waals surface area contributed by atoms with Gasteiger partial charge in [0.1, 0.15) is 11.6 Å². The first-order valence-corrected chi connectivity index (χ1v) is 15.4. The third kappa shape index (κ3) is 5.68. The van der Waals surface area contributed by atoms with Crippen LogP contribution >= 0.6 is 15.9 Å². The zero-order valence-corrected chi connectivity index (χ0v) is 24.6. The van der Waals surface area contributed by atoms with Crippen LogP contribution in [0.15, 0.2) is 40.9 Å². The fraction of sp³-hybridized carbons (Fsp3) is 0.633. The average Bonchev–Trinajstić information content (AvgIpc) is 3.57. The number of hydrogen-bond acceptors (Lipinski definition) is 5. The Hall–Kier alpha value is -2.23. The lowest BCUT2D eigenvalue weighted by Gasteiger charge is -2.34. The molecule has 39 heavy (non-hydrogen) atoms. The molecule has 0 unspecified atom stereocenters. The molecule has 9 heteroatoms. The molecular weight excluding hydrogens is 560 g/mol. The van der Waals surface area contributed by atoms with Gasteiger partial charge in [0, 0.05) is 22.7 Å². The van der Waals surface area contributed by atoms with E-state index in [1.807, 2.05) is 36.4 Å². The van der Waals surface area contributed by atoms with Gasteiger partial charge in [-0.2, -0.15) is 0 Å². The number of amides is 3. The first kappa shape index (κ1) is 28.3. The van der Waals surface area contributed by atoms with E-state index in [1.165, 1.54) is 6.42 Å². The van der Waals surface area contributed by atoms with Crippen molar-refractivity contribution in [2.24, 2.45) is 11.8 Å². The molecule has 1 aliphatic carbocycles. The molecule has 0 aromatic heterocycles. The van der Waals surface area contributed by atoms with Crippen LogP contribution in [0.25, 0.3) is 0 Å². The van der Waals surface area contributed by atoms with Crippen molar-refractivity contribution in [3.63, 3.8) is 0 Å². The van der Waals surface area contributed by atoms with Crippen LogP contribution < -0.4 is 10.6 Å². The number of nitrogens with one attached hydrogen (secondary N) is 2. The maximum Gasteiger partial charge on any atom is 0.246 e. The lowest BCUT2D eigenvalue weighted by Crippen LogP contribution is -2.56. The van der Waals surface area contributed by atoms with Gasteiger partial charge in [-0.15, -0.1) is 0 Å². The number of fused-ring (bicyclic) bond motifs is 1. The lowest BCUT2D eigenvalue weighted by atomic mass is 9.74. The number of carbonyl (C=O) groups excluding carboxylic acids is 3. The molecule has 2 bridgehead atoms. The Morgan fingerprint density at radius 1 is 1.10 bits per heavy atom. The Balaban J connectivity index is 1.37. The van der Waals surface area contributed by atoms with E-state index in [0.717, 1.165) is 62.5 Å². The minimum atomic E-state index is -1.11. The van der Waals surface area contributed by atoms with E-state index in [0.29, 0.717) is 12.2 Å². The van der Waals surface area contributed by atoms with Gasteiger partial charge in [0.25, 0.3) is 0 Å². The molecular formula is C30H41BrN4O4. The molecule has 0 radical (unpaired) electrons. The molecule has 212 valence electrons. The van der Waals surface area contributed by atoms with Crippen molar-refractivity contribution in [2.75, 3.05) is 32.0 Å². The summed E-state index contributed by atoms with van der Waals surface area (Å²) < 4.78 is 7.38. The van der Waals surface area contributed by atoms with Gasteiger partial charge in [-0.3, -0.25) is 14.4 Å². The van der Waals surface area contributed by atoms with Crippen molar-refractivity contribution in [3.05, 3.63) is 40.9 Å². The van der Waals surface area contributed by atoms with Crippen molar-refractivity contribution in [2.45, 2.75) is 82.1 Å². The van der Waals surface area contributed by atoms with Crippen molar-refractivity contribution in [1.29, 1.82) is 0 Å². The van der Waals surface area contributed by atoms with Crippen molar-refractivity contribution >= 4 is 39.3 Å². The highest BCUT2D eigenvalue weighted by molar-refractivity contribution is 9.10. The van der Waals surface area contributed by atoms with Gasteiger partial charge in [0.15, 0.2) is 0 Å². The first-order chi connectivity index (χ1) is 18.8. The number of carbonyl (C=O) groups is 3. The van der Waals surface area contributed by atoms with Gasteiger partial charge in [-0.05, 0) is 70.1 Å². The maximum absolute atomic E-state index is 14.1. The number of anilines is 1. The molecule has 8 nitrogen and oxygen atoms in total. The molecule has 4 aliphatic rings. The largest absolute Gasteiger partial charge is 0.359 e. The number of halogens is 1. The molecule has 3 fully saturated rings. The third-order valence-electron chi connectivity index (χ3n) is 8.82. The Bertz CT molecular complexity index is 1090. The van der Waals surface area contributed by atoms with E-state index >= 15 is 0 Å². The smallest absolute Gasteiger partial charge is 0.246 e. The van der Waals surface area contributed by atoms with Crippen LogP contribution in [0.1, 0.15) is 58.3 Å². The molecule has 5 atom stereocenters. The molecule has 5 rings (SSSR count). The average molecular weight is 602 g/mol. The highest BCUT2D eigenvalue weighted by Gasteiger charge is 2.72. The van der Waals surface area contributed by atoms with Crippen LogP contribution in [0.4, 0.5) is 5.69 Å². The lowest BCUT2D eigenvalue weighted by molar-refractivity contribution is -0.141. The van der Waals surface area contributed by atoms with Crippen molar-refractivity contribution in [1.82, 2.24) is 15.1 Å². The Labute approximate surface area is 240 Å². The number of ether oxygens (including phenoxy) is 1. The van der Waals surface area contributed by atoms with Crippen LogP contribution in [0, 0.1) is 11.8 Å². The van der Waals surface area contributed by atoms with Crippen LogP contribution in [-0.2, 0) is 19.1 Å². The number of hydrogen-bond donors (Lipinski definition) is 2. The predicted octanol–water partition coefficient (Wildman–Crippen LogP) is 4.11. The Morgan fingerprint density at radius 2 is 1.82 bits per heavy atom. The van der Waals surface area contributed by atoms with E-state index in [1.54, 1.807) is 4.90 Å². The standard InChI is InChI=1S/C30H41BrN4O4/c1-3-4-17-34(2)18-8-19-35-26(28(37)33-21-9-6-5-7-10-21)30-16-15-23(39-30)24(25(30)29(35)38)27(36)32-22-13-11-20(31)12-14-22/h11-16,21,23-26H,3-10,17-19H2,1-2H3,(H,32,36)(H,33,37)/t23-,24-,25-,26+,30+/m1/s1. The van der Waals surface area contributed by atoms with Crippen molar-refractivity contribution < 1.29 is 19.1 Å². The quantitative estimate of drug-likeness (QED) is 0.373. The molecule has 3 aliphatic heterocycles. The monoisotopic (exact) mass is 600 g/mol. The number of rotatable bonds is 11. The van der Waals surface area contributed by atoms with Gasteiger partial charge in [0.05, 0.1) is 17.9 Å². The molecule has 1 spiro atoms. The number of benzene rings is 1. The fourth-order valence-corrected chi connectivity index (χ4v) is 7.11. The molecule has 3 amide bonds. The summed E-state index contributed by atoms with van der Waals surface area (Å²) in [5.41, 5.74) is -0.455. The summed E-state index contributed by atoms with van der Waals surface area (Å²) in [4.78, 5) is 45.5. The van der Waals surface area contributed by atoms with Gasteiger partial charge >= 0.3 is 0 Å². The highest BCUT2D eigenvalue weighted by atomic mass is 79.9.